The molecule has 0 aliphatic heterocycles. The summed E-state index contributed by atoms with van der Waals surface area (Å²) >= 11 is 1.31. The standard InChI is InChI=1S/C25H30N4O4S/c1-15-16(2)34-22(28-24(32)25(3,4)5)19(15)23(31)33-14-18(30)27-20(17-10-8-7-9-11-17)21-26-12-13-29(21)6/h7-13,20H,14H2,1-6H3,(H,27,30)(H,28,32)/t20-/m1/s1. The van der Waals surface area contributed by atoms with Gasteiger partial charge in [-0.2, -0.15) is 0 Å². The lowest BCUT2D eigenvalue weighted by molar-refractivity contribution is -0.125. The van der Waals surface area contributed by atoms with Crippen molar-refractivity contribution in [3.8, 4) is 0 Å². The number of nitrogens with one attached hydrogen (secondary N) is 2. The molecule has 1 aromatic carbocycles. The van der Waals surface area contributed by atoms with E-state index in [0.29, 0.717) is 10.8 Å². The Morgan fingerprint density at radius 2 is 1.82 bits per heavy atom. The zero-order valence-corrected chi connectivity index (χ0v) is 21.1. The number of imidazole rings is 1. The summed E-state index contributed by atoms with van der Waals surface area (Å²) in [5, 5.41) is 6.16. The van der Waals surface area contributed by atoms with Crippen LogP contribution >= 0.6 is 11.3 Å². The zero-order chi connectivity index (χ0) is 25.0. The summed E-state index contributed by atoms with van der Waals surface area (Å²) in [6, 6.07) is 8.95. The van der Waals surface area contributed by atoms with Crippen molar-refractivity contribution in [1.29, 1.82) is 0 Å². The number of thiophene rings is 1. The highest BCUT2D eigenvalue weighted by Gasteiger charge is 2.28. The molecule has 0 aliphatic rings. The van der Waals surface area contributed by atoms with Gasteiger partial charge >= 0.3 is 5.97 Å². The highest BCUT2D eigenvalue weighted by molar-refractivity contribution is 7.16. The molecule has 180 valence electrons. The number of benzene rings is 1. The number of nitrogens with zero attached hydrogens (tertiary/aromatic N) is 2. The average molecular weight is 483 g/mol. The second-order valence-electron chi connectivity index (χ2n) is 9.08. The highest BCUT2D eigenvalue weighted by atomic mass is 32.1. The number of aromatic nitrogens is 2. The van der Waals surface area contributed by atoms with E-state index in [1.807, 2.05) is 48.9 Å². The van der Waals surface area contributed by atoms with Crippen molar-refractivity contribution < 1.29 is 19.1 Å². The van der Waals surface area contributed by atoms with Crippen LogP contribution < -0.4 is 10.6 Å². The van der Waals surface area contributed by atoms with Gasteiger partial charge in [-0.15, -0.1) is 11.3 Å². The fourth-order valence-corrected chi connectivity index (χ4v) is 4.30. The van der Waals surface area contributed by atoms with E-state index in [2.05, 4.69) is 15.6 Å². The van der Waals surface area contributed by atoms with Crippen LogP contribution in [0.3, 0.4) is 0 Å². The van der Waals surface area contributed by atoms with Gasteiger partial charge < -0.3 is 19.9 Å². The van der Waals surface area contributed by atoms with E-state index in [-0.39, 0.29) is 11.5 Å². The van der Waals surface area contributed by atoms with Crippen LogP contribution in [0.4, 0.5) is 5.00 Å². The van der Waals surface area contributed by atoms with Crippen LogP contribution in [0.1, 0.15) is 59.0 Å². The molecule has 2 amide bonds. The second-order valence-corrected chi connectivity index (χ2v) is 10.3. The molecule has 0 aliphatic carbocycles. The molecule has 1 atom stereocenters. The van der Waals surface area contributed by atoms with E-state index in [1.165, 1.54) is 11.3 Å². The van der Waals surface area contributed by atoms with Gasteiger partial charge in [0, 0.05) is 29.7 Å². The summed E-state index contributed by atoms with van der Waals surface area (Å²) in [4.78, 5) is 43.4. The van der Waals surface area contributed by atoms with Crippen LogP contribution in [0.15, 0.2) is 42.7 Å². The molecule has 2 heterocycles. The fraction of sp³-hybridized carbons (Fsp3) is 0.360. The number of ether oxygens (including phenoxy) is 1. The van der Waals surface area contributed by atoms with Crippen LogP contribution in [0.25, 0.3) is 0 Å². The third kappa shape index (κ3) is 5.72. The van der Waals surface area contributed by atoms with Crippen LogP contribution in [0.5, 0.6) is 0 Å². The summed E-state index contributed by atoms with van der Waals surface area (Å²) in [7, 11) is 1.85. The number of hydrogen-bond donors (Lipinski definition) is 2. The second kappa shape index (κ2) is 10.2. The first kappa shape index (κ1) is 25.2. The molecule has 0 unspecified atom stereocenters. The first-order valence-corrected chi connectivity index (χ1v) is 11.7. The van der Waals surface area contributed by atoms with Crippen LogP contribution in [0.2, 0.25) is 0 Å². The lowest BCUT2D eigenvalue weighted by Gasteiger charge is -2.19. The smallest absolute Gasteiger partial charge is 0.341 e. The Morgan fingerprint density at radius 1 is 1.15 bits per heavy atom. The minimum Gasteiger partial charge on any atom is -0.452 e. The number of carbonyl (C=O) groups is 3. The molecule has 34 heavy (non-hydrogen) atoms. The molecule has 0 fully saturated rings. The molecule has 8 nitrogen and oxygen atoms in total. The van der Waals surface area contributed by atoms with Crippen molar-refractivity contribution in [1.82, 2.24) is 14.9 Å². The molecule has 2 aromatic heterocycles. The molecule has 3 aromatic rings. The maximum Gasteiger partial charge on any atom is 0.341 e. The predicted molar refractivity (Wildman–Crippen MR) is 132 cm³/mol. The minimum atomic E-state index is -0.658. The molecule has 0 saturated heterocycles. The quantitative estimate of drug-likeness (QED) is 0.493. The number of esters is 1. The van der Waals surface area contributed by atoms with Crippen molar-refractivity contribution in [3.63, 3.8) is 0 Å². The third-order valence-corrected chi connectivity index (χ3v) is 6.51. The van der Waals surface area contributed by atoms with Crippen LogP contribution in [-0.2, 0) is 21.4 Å². The Kier molecular flexibility index (Phi) is 7.56. The Bertz CT molecular complexity index is 1190. The van der Waals surface area contributed by atoms with E-state index >= 15 is 0 Å². The summed E-state index contributed by atoms with van der Waals surface area (Å²) in [6.07, 6.45) is 3.46. The monoisotopic (exact) mass is 482 g/mol. The molecule has 0 bridgehead atoms. The maximum absolute atomic E-state index is 12.9. The van der Waals surface area contributed by atoms with E-state index in [0.717, 1.165) is 16.0 Å². The summed E-state index contributed by atoms with van der Waals surface area (Å²) < 4.78 is 7.18. The molecule has 0 radical (unpaired) electrons. The van der Waals surface area contributed by atoms with Gasteiger partial charge in [0.15, 0.2) is 6.61 Å². The van der Waals surface area contributed by atoms with Crippen LogP contribution in [-0.4, -0.2) is 33.9 Å². The van der Waals surface area contributed by atoms with Gasteiger partial charge in [0.05, 0.1) is 5.56 Å². The lowest BCUT2D eigenvalue weighted by atomic mass is 9.96. The van der Waals surface area contributed by atoms with Crippen molar-refractivity contribution in [2.75, 3.05) is 11.9 Å². The molecule has 0 spiro atoms. The van der Waals surface area contributed by atoms with Gasteiger partial charge in [0.25, 0.3) is 5.91 Å². The van der Waals surface area contributed by atoms with Gasteiger partial charge in [0.2, 0.25) is 5.91 Å². The Balaban J connectivity index is 1.73. The largest absolute Gasteiger partial charge is 0.452 e. The van der Waals surface area contributed by atoms with Crippen molar-refractivity contribution in [2.24, 2.45) is 12.5 Å². The minimum absolute atomic E-state index is 0.207. The Labute approximate surface area is 203 Å². The van der Waals surface area contributed by atoms with Crippen molar-refractivity contribution in [2.45, 2.75) is 40.7 Å². The van der Waals surface area contributed by atoms with E-state index in [9.17, 15) is 14.4 Å². The first-order valence-electron chi connectivity index (χ1n) is 10.9. The van der Waals surface area contributed by atoms with E-state index in [4.69, 9.17) is 4.74 Å². The number of anilines is 1. The van der Waals surface area contributed by atoms with Crippen LogP contribution in [0, 0.1) is 19.3 Å². The SMILES string of the molecule is Cc1sc(NC(=O)C(C)(C)C)c(C(=O)OCC(=O)N[C@H](c2ccccc2)c2nccn2C)c1C. The zero-order valence-electron chi connectivity index (χ0n) is 20.3. The van der Waals surface area contributed by atoms with Gasteiger partial charge in [0.1, 0.15) is 16.9 Å². The maximum atomic E-state index is 12.9. The number of rotatable bonds is 7. The molecule has 3 rings (SSSR count). The van der Waals surface area contributed by atoms with Crippen molar-refractivity contribution >= 4 is 34.1 Å². The average Bonchev–Trinajstić information content (AvgIpc) is 3.32. The first-order chi connectivity index (χ1) is 16.0. The Morgan fingerprint density at radius 3 is 2.41 bits per heavy atom. The lowest BCUT2D eigenvalue weighted by Crippen LogP contribution is -2.34. The topological polar surface area (TPSA) is 102 Å². The normalized spacial score (nSPS) is 12.2. The van der Waals surface area contributed by atoms with E-state index < -0.39 is 29.9 Å². The molecule has 0 saturated carbocycles. The van der Waals surface area contributed by atoms with Gasteiger partial charge in [-0.25, -0.2) is 9.78 Å². The molecule has 9 heteroatoms. The van der Waals surface area contributed by atoms with Crippen molar-refractivity contribution in [3.05, 3.63) is 70.1 Å². The highest BCUT2D eigenvalue weighted by Crippen LogP contribution is 2.34. The molecular formula is C25H30N4O4S. The third-order valence-electron chi connectivity index (χ3n) is 5.39. The van der Waals surface area contributed by atoms with Gasteiger partial charge in [-0.3, -0.25) is 9.59 Å². The number of hydrogen-bond acceptors (Lipinski definition) is 6. The summed E-state index contributed by atoms with van der Waals surface area (Å²) in [5.41, 5.74) is 1.23. The van der Waals surface area contributed by atoms with E-state index in [1.54, 1.807) is 40.1 Å². The number of amides is 2. The summed E-state index contributed by atoms with van der Waals surface area (Å²) in [5.74, 6) is -0.673. The van der Waals surface area contributed by atoms with Gasteiger partial charge in [-0.1, -0.05) is 51.1 Å². The summed E-state index contributed by atoms with van der Waals surface area (Å²) in [6.45, 7) is 8.58. The molecule has 2 N–H and O–H groups in total. The fourth-order valence-electron chi connectivity index (χ4n) is 3.26. The Hall–Kier alpha value is -3.46. The predicted octanol–water partition coefficient (Wildman–Crippen LogP) is 4.15. The number of aryl methyl sites for hydroxylation is 2. The molecular weight excluding hydrogens is 452 g/mol. The van der Waals surface area contributed by atoms with Gasteiger partial charge in [-0.05, 0) is 25.0 Å². The number of carbonyl (C=O) groups excluding carboxylic acids is 3.